The maximum Gasteiger partial charge on any atom is 0.341 e. The maximum absolute atomic E-state index is 11.6. The van der Waals surface area contributed by atoms with Crippen LogP contribution in [0.15, 0.2) is 35.3 Å². The third kappa shape index (κ3) is 1.34. The van der Waals surface area contributed by atoms with Gasteiger partial charge in [0.1, 0.15) is 5.56 Å². The standard InChI is InChI=1S/C10H7NO4/c12-9-6-3-1-2-4-8(6)11(15)5-7(9)10(13)14/h1-5,15H,(H,13,14). The second kappa shape index (κ2) is 3.13. The van der Waals surface area contributed by atoms with Gasteiger partial charge in [-0.15, -0.1) is 0 Å². The minimum absolute atomic E-state index is 0.180. The molecule has 5 nitrogen and oxygen atoms in total. The topological polar surface area (TPSA) is 79.5 Å². The quantitative estimate of drug-likeness (QED) is 0.679. The molecule has 0 bridgehead atoms. The molecular formula is C10H7NO4. The highest BCUT2D eigenvalue weighted by atomic mass is 16.5. The van der Waals surface area contributed by atoms with Crippen LogP contribution in [0, 0.1) is 0 Å². The first-order valence-corrected chi connectivity index (χ1v) is 4.18. The number of hydrogen-bond acceptors (Lipinski definition) is 3. The summed E-state index contributed by atoms with van der Waals surface area (Å²) in [5.74, 6) is -1.35. The molecule has 5 heteroatoms. The van der Waals surface area contributed by atoms with E-state index in [0.29, 0.717) is 4.73 Å². The number of hydrogen-bond donors (Lipinski definition) is 2. The molecule has 2 aromatic rings. The molecule has 0 fully saturated rings. The summed E-state index contributed by atoms with van der Waals surface area (Å²) in [6.45, 7) is 0. The SMILES string of the molecule is O=C(O)c1cn(O)c2ccccc2c1=O. The Morgan fingerprint density at radius 3 is 2.60 bits per heavy atom. The summed E-state index contributed by atoms with van der Waals surface area (Å²) in [7, 11) is 0. The van der Waals surface area contributed by atoms with Crippen LogP contribution in [0.4, 0.5) is 0 Å². The second-order valence-corrected chi connectivity index (χ2v) is 3.04. The zero-order chi connectivity index (χ0) is 11.0. The number of carboxylic acid groups (broad SMARTS) is 1. The Labute approximate surface area is 83.8 Å². The Hall–Kier alpha value is -2.30. The number of carbonyl (C=O) groups is 1. The lowest BCUT2D eigenvalue weighted by molar-refractivity contribution is 0.0691. The van der Waals surface area contributed by atoms with Crippen molar-refractivity contribution in [2.45, 2.75) is 0 Å². The average molecular weight is 205 g/mol. The van der Waals surface area contributed by atoms with Crippen molar-refractivity contribution in [3.05, 3.63) is 46.2 Å². The van der Waals surface area contributed by atoms with Gasteiger partial charge in [0.2, 0.25) is 5.43 Å². The third-order valence-electron chi connectivity index (χ3n) is 2.12. The minimum atomic E-state index is -1.35. The third-order valence-corrected chi connectivity index (χ3v) is 2.12. The van der Waals surface area contributed by atoms with Gasteiger partial charge in [0.05, 0.1) is 11.7 Å². The van der Waals surface area contributed by atoms with E-state index in [1.165, 1.54) is 12.1 Å². The number of aromatic nitrogens is 1. The van der Waals surface area contributed by atoms with Crippen molar-refractivity contribution in [3.63, 3.8) is 0 Å². The van der Waals surface area contributed by atoms with Gasteiger partial charge < -0.3 is 10.3 Å². The Balaban J connectivity index is 2.97. The predicted octanol–water partition coefficient (Wildman–Crippen LogP) is 0.937. The molecule has 0 saturated heterocycles. The molecule has 0 aliphatic heterocycles. The number of benzene rings is 1. The lowest BCUT2D eigenvalue weighted by atomic mass is 10.1. The number of para-hydroxylation sites is 1. The molecule has 76 valence electrons. The van der Waals surface area contributed by atoms with Crippen LogP contribution in [0.3, 0.4) is 0 Å². The largest absolute Gasteiger partial charge is 0.477 e. The maximum atomic E-state index is 11.6. The fourth-order valence-corrected chi connectivity index (χ4v) is 1.41. The van der Waals surface area contributed by atoms with Gasteiger partial charge >= 0.3 is 5.97 Å². The van der Waals surface area contributed by atoms with Crippen molar-refractivity contribution in [3.8, 4) is 0 Å². The highest BCUT2D eigenvalue weighted by molar-refractivity contribution is 5.92. The summed E-state index contributed by atoms with van der Waals surface area (Å²) < 4.78 is 0.639. The van der Waals surface area contributed by atoms with Crippen molar-refractivity contribution in [2.75, 3.05) is 0 Å². The fourth-order valence-electron chi connectivity index (χ4n) is 1.41. The average Bonchev–Trinajstić information content (AvgIpc) is 2.23. The van der Waals surface area contributed by atoms with Gasteiger partial charge in [-0.25, -0.2) is 4.79 Å². The van der Waals surface area contributed by atoms with Crippen molar-refractivity contribution in [2.24, 2.45) is 0 Å². The van der Waals surface area contributed by atoms with Gasteiger partial charge in [0.25, 0.3) is 0 Å². The number of nitrogens with zero attached hydrogens (tertiary/aromatic N) is 1. The first kappa shape index (κ1) is 9.26. The van der Waals surface area contributed by atoms with Crippen LogP contribution in [0.5, 0.6) is 0 Å². The first-order valence-electron chi connectivity index (χ1n) is 4.18. The lowest BCUT2D eigenvalue weighted by Crippen LogP contribution is -2.17. The van der Waals surface area contributed by atoms with Crippen LogP contribution in [0.25, 0.3) is 10.9 Å². The van der Waals surface area contributed by atoms with Crippen LogP contribution in [-0.4, -0.2) is 21.0 Å². The summed E-state index contributed by atoms with van der Waals surface area (Å²) in [4.78, 5) is 22.3. The van der Waals surface area contributed by atoms with Gasteiger partial charge in [-0.05, 0) is 12.1 Å². The predicted molar refractivity (Wildman–Crippen MR) is 52.4 cm³/mol. The molecular weight excluding hydrogens is 198 g/mol. The van der Waals surface area contributed by atoms with Gasteiger partial charge in [-0.1, -0.05) is 12.1 Å². The molecule has 2 rings (SSSR count). The van der Waals surface area contributed by atoms with Gasteiger partial charge in [0, 0.05) is 5.39 Å². The Morgan fingerprint density at radius 2 is 1.93 bits per heavy atom. The molecule has 0 atom stereocenters. The van der Waals surface area contributed by atoms with Crippen LogP contribution in [0.1, 0.15) is 10.4 Å². The zero-order valence-corrected chi connectivity index (χ0v) is 7.54. The van der Waals surface area contributed by atoms with Crippen LogP contribution < -0.4 is 5.43 Å². The monoisotopic (exact) mass is 205 g/mol. The number of fused-ring (bicyclic) bond motifs is 1. The Bertz CT molecular complexity index is 600. The van der Waals surface area contributed by atoms with E-state index >= 15 is 0 Å². The van der Waals surface area contributed by atoms with Crippen LogP contribution >= 0.6 is 0 Å². The van der Waals surface area contributed by atoms with E-state index in [4.69, 9.17) is 5.11 Å². The Kier molecular flexibility index (Phi) is 1.93. The van der Waals surface area contributed by atoms with Gasteiger partial charge in [0.15, 0.2) is 0 Å². The molecule has 1 aromatic carbocycles. The van der Waals surface area contributed by atoms with E-state index in [2.05, 4.69) is 0 Å². The van der Waals surface area contributed by atoms with Gasteiger partial charge in [-0.2, -0.15) is 4.73 Å². The second-order valence-electron chi connectivity index (χ2n) is 3.04. The van der Waals surface area contributed by atoms with Crippen LogP contribution in [-0.2, 0) is 0 Å². The minimum Gasteiger partial charge on any atom is -0.477 e. The molecule has 0 aliphatic rings. The lowest BCUT2D eigenvalue weighted by Gasteiger charge is -2.04. The van der Waals surface area contributed by atoms with E-state index in [-0.39, 0.29) is 10.9 Å². The molecule has 0 spiro atoms. The highest BCUT2D eigenvalue weighted by Gasteiger charge is 2.13. The highest BCUT2D eigenvalue weighted by Crippen LogP contribution is 2.09. The summed E-state index contributed by atoms with van der Waals surface area (Å²) in [5.41, 5.74) is -0.757. The molecule has 15 heavy (non-hydrogen) atoms. The van der Waals surface area contributed by atoms with Crippen LogP contribution in [0.2, 0.25) is 0 Å². The molecule has 2 N–H and O–H groups in total. The molecule has 1 aromatic heterocycles. The number of rotatable bonds is 1. The number of aromatic carboxylic acids is 1. The fraction of sp³-hybridized carbons (Fsp3) is 0. The zero-order valence-electron chi connectivity index (χ0n) is 7.54. The van der Waals surface area contributed by atoms with E-state index in [1.54, 1.807) is 12.1 Å². The summed E-state index contributed by atoms with van der Waals surface area (Å²) in [6.07, 6.45) is 0.896. The van der Waals surface area contributed by atoms with Crippen molar-refractivity contribution in [1.29, 1.82) is 0 Å². The molecule has 0 saturated carbocycles. The molecule has 0 aliphatic carbocycles. The number of carboxylic acids is 1. The molecule has 1 heterocycles. The van der Waals surface area contributed by atoms with Crippen molar-refractivity contribution in [1.82, 2.24) is 4.73 Å². The van der Waals surface area contributed by atoms with E-state index < -0.39 is 17.0 Å². The van der Waals surface area contributed by atoms with Gasteiger partial charge in [-0.3, -0.25) is 4.79 Å². The number of pyridine rings is 1. The first-order chi connectivity index (χ1) is 7.11. The smallest absolute Gasteiger partial charge is 0.341 e. The van der Waals surface area contributed by atoms with Crippen molar-refractivity contribution < 1.29 is 15.1 Å². The molecule has 0 radical (unpaired) electrons. The summed E-state index contributed by atoms with van der Waals surface area (Å²) in [6, 6.07) is 6.25. The molecule has 0 amide bonds. The normalized spacial score (nSPS) is 10.4. The summed E-state index contributed by atoms with van der Waals surface area (Å²) in [5, 5.41) is 18.3. The summed E-state index contributed by atoms with van der Waals surface area (Å²) >= 11 is 0. The van der Waals surface area contributed by atoms with E-state index in [9.17, 15) is 14.8 Å². The van der Waals surface area contributed by atoms with E-state index in [1.807, 2.05) is 0 Å². The van der Waals surface area contributed by atoms with E-state index in [0.717, 1.165) is 6.20 Å². The Morgan fingerprint density at radius 1 is 1.27 bits per heavy atom. The van der Waals surface area contributed by atoms with Crippen molar-refractivity contribution >= 4 is 16.9 Å². The molecule has 0 unspecified atom stereocenters.